The Morgan fingerprint density at radius 1 is 1.11 bits per heavy atom. The fourth-order valence-electron chi connectivity index (χ4n) is 1.69. The first-order valence-electron chi connectivity index (χ1n) is 6.83. The Bertz CT molecular complexity index is 265. The van der Waals surface area contributed by atoms with E-state index in [1.165, 1.54) is 7.11 Å². The Kier molecular flexibility index (Phi) is 7.22. The summed E-state index contributed by atoms with van der Waals surface area (Å²) in [7, 11) is 1.42. The third kappa shape index (κ3) is 7.92. The van der Waals surface area contributed by atoms with Crippen molar-refractivity contribution in [1.29, 1.82) is 0 Å². The molecule has 0 radical (unpaired) electrons. The van der Waals surface area contributed by atoms with Gasteiger partial charge in [-0.15, -0.1) is 0 Å². The highest BCUT2D eigenvalue weighted by atomic mass is 16.5. The Balaban J connectivity index is 1.77. The van der Waals surface area contributed by atoms with E-state index in [0.717, 1.165) is 51.5 Å². The largest absolute Gasteiger partial charge is 0.469 e. The zero-order valence-corrected chi connectivity index (χ0v) is 11.2. The zero-order chi connectivity index (χ0) is 13.2. The van der Waals surface area contributed by atoms with Crippen molar-refractivity contribution in [3.05, 3.63) is 0 Å². The standard InChI is InChI=1S/C13H24N2O3/c1-18-12(16)7-5-3-2-4-6-10-14-13(17)15-11-8-9-11/h11H,2-10H2,1H3,(H2,14,15,17). The molecule has 5 heteroatoms. The van der Waals surface area contributed by atoms with Gasteiger partial charge in [0, 0.05) is 19.0 Å². The van der Waals surface area contributed by atoms with Gasteiger partial charge in [0.05, 0.1) is 7.11 Å². The van der Waals surface area contributed by atoms with Crippen molar-refractivity contribution in [1.82, 2.24) is 10.6 Å². The number of urea groups is 1. The first-order chi connectivity index (χ1) is 8.72. The molecule has 1 aliphatic carbocycles. The minimum absolute atomic E-state index is 0.0387. The molecule has 1 aliphatic rings. The van der Waals surface area contributed by atoms with Gasteiger partial charge in [0.15, 0.2) is 0 Å². The summed E-state index contributed by atoms with van der Waals surface area (Å²) in [6, 6.07) is 0.381. The molecule has 2 amide bonds. The smallest absolute Gasteiger partial charge is 0.315 e. The van der Waals surface area contributed by atoms with Gasteiger partial charge in [-0.25, -0.2) is 4.79 Å². The van der Waals surface area contributed by atoms with Crippen LogP contribution in [0.3, 0.4) is 0 Å². The average Bonchev–Trinajstić information content (AvgIpc) is 3.16. The normalized spacial score (nSPS) is 14.1. The molecule has 0 saturated heterocycles. The molecular weight excluding hydrogens is 232 g/mol. The van der Waals surface area contributed by atoms with Gasteiger partial charge in [0.1, 0.15) is 0 Å². The number of esters is 1. The Morgan fingerprint density at radius 3 is 2.44 bits per heavy atom. The van der Waals surface area contributed by atoms with Gasteiger partial charge in [-0.05, 0) is 25.7 Å². The summed E-state index contributed by atoms with van der Waals surface area (Å²) in [5.41, 5.74) is 0. The highest BCUT2D eigenvalue weighted by Gasteiger charge is 2.22. The molecular formula is C13H24N2O3. The van der Waals surface area contributed by atoms with E-state index in [0.29, 0.717) is 12.5 Å². The maximum absolute atomic E-state index is 11.3. The third-order valence-electron chi connectivity index (χ3n) is 2.98. The van der Waals surface area contributed by atoms with Crippen LogP contribution in [0.1, 0.15) is 51.4 Å². The van der Waals surface area contributed by atoms with Crippen LogP contribution in [0.4, 0.5) is 4.79 Å². The molecule has 0 atom stereocenters. The second-order valence-electron chi connectivity index (χ2n) is 4.77. The molecule has 0 heterocycles. The summed E-state index contributed by atoms with van der Waals surface area (Å²) in [4.78, 5) is 22.1. The van der Waals surface area contributed by atoms with E-state index in [2.05, 4.69) is 15.4 Å². The van der Waals surface area contributed by atoms with E-state index in [-0.39, 0.29) is 12.0 Å². The number of hydrogen-bond donors (Lipinski definition) is 2. The molecule has 0 aromatic rings. The summed E-state index contributed by atoms with van der Waals surface area (Å²) < 4.78 is 4.56. The molecule has 18 heavy (non-hydrogen) atoms. The van der Waals surface area contributed by atoms with Crippen molar-refractivity contribution < 1.29 is 14.3 Å². The van der Waals surface area contributed by atoms with E-state index < -0.39 is 0 Å². The quantitative estimate of drug-likeness (QED) is 0.489. The second-order valence-corrected chi connectivity index (χ2v) is 4.77. The number of amides is 2. The highest BCUT2D eigenvalue weighted by molar-refractivity contribution is 5.74. The number of hydrogen-bond acceptors (Lipinski definition) is 3. The highest BCUT2D eigenvalue weighted by Crippen LogP contribution is 2.18. The van der Waals surface area contributed by atoms with Gasteiger partial charge in [-0.3, -0.25) is 4.79 Å². The molecule has 0 bridgehead atoms. The Hall–Kier alpha value is -1.26. The van der Waals surface area contributed by atoms with E-state index in [9.17, 15) is 9.59 Å². The summed E-state index contributed by atoms with van der Waals surface area (Å²) in [5, 5.41) is 5.73. The maximum Gasteiger partial charge on any atom is 0.315 e. The van der Waals surface area contributed by atoms with Gasteiger partial charge >= 0.3 is 12.0 Å². The summed E-state index contributed by atoms with van der Waals surface area (Å²) in [5.74, 6) is -0.131. The van der Waals surface area contributed by atoms with Crippen molar-refractivity contribution in [3.8, 4) is 0 Å². The lowest BCUT2D eigenvalue weighted by Gasteiger charge is -2.06. The molecule has 0 spiro atoms. The lowest BCUT2D eigenvalue weighted by Crippen LogP contribution is -2.37. The van der Waals surface area contributed by atoms with E-state index in [1.54, 1.807) is 0 Å². The topological polar surface area (TPSA) is 67.4 Å². The van der Waals surface area contributed by atoms with Crippen LogP contribution in [-0.4, -0.2) is 31.7 Å². The van der Waals surface area contributed by atoms with E-state index in [1.807, 2.05) is 0 Å². The average molecular weight is 256 g/mol. The molecule has 0 aromatic carbocycles. The Morgan fingerprint density at radius 2 is 1.78 bits per heavy atom. The molecule has 1 rings (SSSR count). The molecule has 0 unspecified atom stereocenters. The molecule has 2 N–H and O–H groups in total. The van der Waals surface area contributed by atoms with E-state index in [4.69, 9.17) is 0 Å². The molecule has 1 saturated carbocycles. The first kappa shape index (κ1) is 14.8. The minimum Gasteiger partial charge on any atom is -0.469 e. The molecule has 104 valence electrons. The molecule has 1 fully saturated rings. The van der Waals surface area contributed by atoms with Crippen LogP contribution in [-0.2, 0) is 9.53 Å². The SMILES string of the molecule is COC(=O)CCCCCCCNC(=O)NC1CC1. The predicted octanol–water partition coefficient (Wildman–Crippen LogP) is 1.96. The van der Waals surface area contributed by atoms with Crippen LogP contribution in [0.5, 0.6) is 0 Å². The minimum atomic E-state index is -0.131. The van der Waals surface area contributed by atoms with Crippen LogP contribution in [0.25, 0.3) is 0 Å². The van der Waals surface area contributed by atoms with Crippen LogP contribution in [0, 0.1) is 0 Å². The monoisotopic (exact) mass is 256 g/mol. The lowest BCUT2D eigenvalue weighted by molar-refractivity contribution is -0.140. The molecule has 0 aliphatic heterocycles. The zero-order valence-electron chi connectivity index (χ0n) is 11.2. The first-order valence-corrected chi connectivity index (χ1v) is 6.83. The number of ether oxygens (including phenoxy) is 1. The molecule has 0 aromatic heterocycles. The van der Waals surface area contributed by atoms with Crippen molar-refractivity contribution in [2.75, 3.05) is 13.7 Å². The van der Waals surface area contributed by atoms with Crippen molar-refractivity contribution in [3.63, 3.8) is 0 Å². The maximum atomic E-state index is 11.3. The Labute approximate surface area is 109 Å². The second kappa shape index (κ2) is 8.78. The van der Waals surface area contributed by atoms with Crippen molar-refractivity contribution in [2.24, 2.45) is 0 Å². The predicted molar refractivity (Wildman–Crippen MR) is 69.3 cm³/mol. The summed E-state index contributed by atoms with van der Waals surface area (Å²) in [6.45, 7) is 0.732. The van der Waals surface area contributed by atoms with Crippen molar-refractivity contribution in [2.45, 2.75) is 57.4 Å². The molecule has 5 nitrogen and oxygen atoms in total. The fourth-order valence-corrected chi connectivity index (χ4v) is 1.69. The fraction of sp³-hybridized carbons (Fsp3) is 0.846. The van der Waals surface area contributed by atoms with Gasteiger partial charge in [0.2, 0.25) is 0 Å². The third-order valence-corrected chi connectivity index (χ3v) is 2.98. The van der Waals surface area contributed by atoms with Crippen LogP contribution in [0.2, 0.25) is 0 Å². The lowest BCUT2D eigenvalue weighted by atomic mass is 10.1. The number of carbonyl (C=O) groups is 2. The van der Waals surface area contributed by atoms with Gasteiger partial charge in [-0.1, -0.05) is 19.3 Å². The summed E-state index contributed by atoms with van der Waals surface area (Å²) >= 11 is 0. The number of rotatable bonds is 9. The van der Waals surface area contributed by atoms with E-state index >= 15 is 0 Å². The summed E-state index contributed by atoms with van der Waals surface area (Å²) in [6.07, 6.45) is 7.87. The number of unbranched alkanes of at least 4 members (excludes halogenated alkanes) is 4. The van der Waals surface area contributed by atoms with Crippen LogP contribution in [0.15, 0.2) is 0 Å². The van der Waals surface area contributed by atoms with Gasteiger partial charge in [-0.2, -0.15) is 0 Å². The van der Waals surface area contributed by atoms with Gasteiger partial charge in [0.25, 0.3) is 0 Å². The van der Waals surface area contributed by atoms with Gasteiger partial charge < -0.3 is 15.4 Å². The number of carbonyl (C=O) groups excluding carboxylic acids is 2. The van der Waals surface area contributed by atoms with Crippen molar-refractivity contribution >= 4 is 12.0 Å². The van der Waals surface area contributed by atoms with Crippen LogP contribution >= 0.6 is 0 Å². The number of methoxy groups -OCH3 is 1. The van der Waals surface area contributed by atoms with Crippen LogP contribution < -0.4 is 10.6 Å². The number of nitrogens with one attached hydrogen (secondary N) is 2.